The molecule has 0 atom stereocenters. The van der Waals surface area contributed by atoms with Crippen molar-refractivity contribution < 1.29 is 4.79 Å². The number of carbonyl (C=O) groups is 1. The fourth-order valence-electron chi connectivity index (χ4n) is 1.14. The summed E-state index contributed by atoms with van der Waals surface area (Å²) in [5.41, 5.74) is 0.0629. The lowest BCUT2D eigenvalue weighted by atomic mass is 10.1. The van der Waals surface area contributed by atoms with Crippen LogP contribution in [0, 0.1) is 0 Å². The third kappa shape index (κ3) is 5.85. The Balaban J connectivity index is 0.00000225. The van der Waals surface area contributed by atoms with Crippen LogP contribution in [0.25, 0.3) is 0 Å². The third-order valence-corrected chi connectivity index (χ3v) is 3.13. The predicted octanol–water partition coefficient (Wildman–Crippen LogP) is 3.78. The van der Waals surface area contributed by atoms with Crippen LogP contribution in [0.3, 0.4) is 0 Å². The summed E-state index contributed by atoms with van der Waals surface area (Å²) in [6.07, 6.45) is 0.522. The number of rotatable bonds is 4. The minimum Gasteiger partial charge on any atom is -0.312 e. The zero-order valence-electron chi connectivity index (χ0n) is 9.67. The van der Waals surface area contributed by atoms with E-state index in [1.807, 2.05) is 0 Å². The highest BCUT2D eigenvalue weighted by Gasteiger charge is 2.11. The van der Waals surface area contributed by atoms with Crippen LogP contribution in [0.15, 0.2) is 12.1 Å². The number of nitrogens with one attached hydrogen (secondary N) is 1. The van der Waals surface area contributed by atoms with Gasteiger partial charge in [0.1, 0.15) is 0 Å². The largest absolute Gasteiger partial charge is 0.312 e. The molecular formula is C11H17Cl2NOS. The highest BCUT2D eigenvalue weighted by Crippen LogP contribution is 2.22. The van der Waals surface area contributed by atoms with Gasteiger partial charge in [-0.25, -0.2) is 0 Å². The van der Waals surface area contributed by atoms with Crippen molar-refractivity contribution in [3.05, 3.63) is 21.3 Å². The molecule has 1 N–H and O–H groups in total. The molecule has 0 spiro atoms. The fourth-order valence-corrected chi connectivity index (χ4v) is 2.15. The van der Waals surface area contributed by atoms with Gasteiger partial charge in [0.25, 0.3) is 0 Å². The summed E-state index contributed by atoms with van der Waals surface area (Å²) in [5.74, 6) is 0.156. The molecule has 1 aromatic heterocycles. The number of ketones is 1. The molecule has 0 saturated heterocycles. The normalized spacial score (nSPS) is 11.0. The number of halogens is 2. The highest BCUT2D eigenvalue weighted by atomic mass is 35.5. The minimum atomic E-state index is 0. The predicted molar refractivity (Wildman–Crippen MR) is 73.3 cm³/mol. The van der Waals surface area contributed by atoms with Gasteiger partial charge in [-0.15, -0.1) is 23.7 Å². The van der Waals surface area contributed by atoms with Gasteiger partial charge >= 0.3 is 0 Å². The molecule has 0 amide bonds. The van der Waals surface area contributed by atoms with Gasteiger partial charge in [0.2, 0.25) is 0 Å². The van der Waals surface area contributed by atoms with E-state index in [0.717, 1.165) is 4.88 Å². The average molecular weight is 282 g/mol. The number of hydrogen-bond acceptors (Lipinski definition) is 3. The van der Waals surface area contributed by atoms with Crippen molar-refractivity contribution in [3.8, 4) is 0 Å². The maximum absolute atomic E-state index is 11.7. The number of Topliss-reactive ketones (excluding diaryl/α,β-unsaturated/α-hetero) is 1. The molecular weight excluding hydrogens is 265 g/mol. The molecule has 0 aliphatic heterocycles. The maximum Gasteiger partial charge on any atom is 0.174 e. The van der Waals surface area contributed by atoms with Crippen molar-refractivity contribution in [2.45, 2.75) is 32.7 Å². The molecule has 0 saturated carbocycles. The van der Waals surface area contributed by atoms with E-state index in [9.17, 15) is 4.79 Å². The molecule has 1 aromatic rings. The SMILES string of the molecule is CC(C)(C)NCCC(=O)c1ccc(Cl)s1.Cl. The topological polar surface area (TPSA) is 29.1 Å². The van der Waals surface area contributed by atoms with Gasteiger partial charge in [0, 0.05) is 18.5 Å². The second-order valence-corrected chi connectivity index (χ2v) is 6.17. The number of thiophene rings is 1. The van der Waals surface area contributed by atoms with Crippen LogP contribution in [0.2, 0.25) is 4.34 Å². The molecule has 0 aliphatic carbocycles. The Morgan fingerprint density at radius 3 is 2.50 bits per heavy atom. The maximum atomic E-state index is 11.7. The number of hydrogen-bond donors (Lipinski definition) is 1. The molecule has 0 aromatic carbocycles. The van der Waals surface area contributed by atoms with Crippen LogP contribution >= 0.6 is 35.3 Å². The summed E-state index contributed by atoms with van der Waals surface area (Å²) in [7, 11) is 0. The Bertz CT molecular complexity index is 344. The minimum absolute atomic E-state index is 0. The average Bonchev–Trinajstić information content (AvgIpc) is 2.49. The lowest BCUT2D eigenvalue weighted by Crippen LogP contribution is -2.37. The van der Waals surface area contributed by atoms with Crippen LogP contribution < -0.4 is 5.32 Å². The zero-order valence-corrected chi connectivity index (χ0v) is 12.1. The van der Waals surface area contributed by atoms with Crippen LogP contribution in [0.4, 0.5) is 0 Å². The van der Waals surface area contributed by atoms with E-state index in [1.165, 1.54) is 11.3 Å². The molecule has 92 valence electrons. The van der Waals surface area contributed by atoms with Crippen LogP contribution in [-0.4, -0.2) is 17.9 Å². The quantitative estimate of drug-likeness (QED) is 0.851. The van der Waals surface area contributed by atoms with E-state index in [0.29, 0.717) is 17.3 Å². The van der Waals surface area contributed by atoms with Gasteiger partial charge in [-0.05, 0) is 32.9 Å². The molecule has 0 fully saturated rings. The molecule has 0 unspecified atom stereocenters. The van der Waals surface area contributed by atoms with Crippen molar-refractivity contribution in [1.29, 1.82) is 0 Å². The van der Waals surface area contributed by atoms with E-state index in [4.69, 9.17) is 11.6 Å². The van der Waals surface area contributed by atoms with Crippen molar-refractivity contribution in [2.75, 3.05) is 6.54 Å². The smallest absolute Gasteiger partial charge is 0.174 e. The van der Waals surface area contributed by atoms with Gasteiger partial charge in [-0.1, -0.05) is 11.6 Å². The molecule has 2 nitrogen and oxygen atoms in total. The molecule has 1 heterocycles. The van der Waals surface area contributed by atoms with E-state index in [-0.39, 0.29) is 23.7 Å². The second-order valence-electron chi connectivity index (χ2n) is 4.45. The lowest BCUT2D eigenvalue weighted by Gasteiger charge is -2.19. The van der Waals surface area contributed by atoms with Gasteiger partial charge in [-0.3, -0.25) is 4.79 Å². The Labute approximate surface area is 112 Å². The Kier molecular flexibility index (Phi) is 6.56. The highest BCUT2D eigenvalue weighted by molar-refractivity contribution is 7.18. The summed E-state index contributed by atoms with van der Waals surface area (Å²) in [6, 6.07) is 3.54. The van der Waals surface area contributed by atoms with Crippen molar-refractivity contribution in [3.63, 3.8) is 0 Å². The van der Waals surface area contributed by atoms with Gasteiger partial charge in [0.15, 0.2) is 5.78 Å². The Hall–Kier alpha value is -0.0900. The summed E-state index contributed by atoms with van der Waals surface area (Å²) in [6.45, 7) is 6.95. The molecule has 0 aliphatic rings. The first-order valence-electron chi connectivity index (χ1n) is 4.92. The first-order valence-corrected chi connectivity index (χ1v) is 6.11. The van der Waals surface area contributed by atoms with Gasteiger partial charge in [-0.2, -0.15) is 0 Å². The molecule has 1 rings (SSSR count). The fraction of sp³-hybridized carbons (Fsp3) is 0.545. The second kappa shape index (κ2) is 6.60. The standard InChI is InChI=1S/C11H16ClNOS.ClH/c1-11(2,3)13-7-6-8(14)9-4-5-10(12)15-9;/h4-5,13H,6-7H2,1-3H3;1H. The zero-order chi connectivity index (χ0) is 11.5. The monoisotopic (exact) mass is 281 g/mol. The summed E-state index contributed by atoms with van der Waals surface area (Å²) in [5, 5.41) is 3.28. The first-order chi connectivity index (χ1) is 6.88. The first kappa shape index (κ1) is 15.9. The van der Waals surface area contributed by atoms with Crippen LogP contribution in [0.5, 0.6) is 0 Å². The van der Waals surface area contributed by atoms with Crippen LogP contribution in [0.1, 0.15) is 36.9 Å². The van der Waals surface area contributed by atoms with E-state index < -0.39 is 0 Å². The summed E-state index contributed by atoms with van der Waals surface area (Å²) >= 11 is 7.10. The van der Waals surface area contributed by atoms with E-state index in [1.54, 1.807) is 12.1 Å². The van der Waals surface area contributed by atoms with Gasteiger partial charge < -0.3 is 5.32 Å². The molecule has 0 bridgehead atoms. The molecule has 16 heavy (non-hydrogen) atoms. The van der Waals surface area contributed by atoms with Crippen LogP contribution in [-0.2, 0) is 0 Å². The van der Waals surface area contributed by atoms with E-state index >= 15 is 0 Å². The molecule has 5 heteroatoms. The molecule has 0 radical (unpaired) electrons. The van der Waals surface area contributed by atoms with Crippen molar-refractivity contribution >= 4 is 41.1 Å². The van der Waals surface area contributed by atoms with Gasteiger partial charge in [0.05, 0.1) is 9.21 Å². The summed E-state index contributed by atoms with van der Waals surface area (Å²) in [4.78, 5) is 12.4. The third-order valence-electron chi connectivity index (χ3n) is 1.86. The van der Waals surface area contributed by atoms with E-state index in [2.05, 4.69) is 26.1 Å². The Morgan fingerprint density at radius 2 is 2.06 bits per heavy atom. The van der Waals surface area contributed by atoms with Crippen molar-refractivity contribution in [2.24, 2.45) is 0 Å². The number of carbonyl (C=O) groups excluding carboxylic acids is 1. The summed E-state index contributed by atoms with van der Waals surface area (Å²) < 4.78 is 0.669. The Morgan fingerprint density at radius 1 is 1.44 bits per heavy atom. The van der Waals surface area contributed by atoms with Crippen molar-refractivity contribution in [1.82, 2.24) is 5.32 Å². The lowest BCUT2D eigenvalue weighted by molar-refractivity contribution is 0.0984.